The Hall–Kier alpha value is -1.95. The number of carbonyl (C=O) groups is 1. The van der Waals surface area contributed by atoms with Gasteiger partial charge in [-0.25, -0.2) is 4.79 Å². The minimum Gasteiger partial charge on any atom is -0.495 e. The lowest BCUT2D eigenvalue weighted by atomic mass is 10.1. The molecule has 0 N–H and O–H groups in total. The maximum absolute atomic E-state index is 10.8. The lowest BCUT2D eigenvalue weighted by molar-refractivity contribution is -0.133. The minimum atomic E-state index is -0.558. The minimum absolute atomic E-state index is 0.558. The van der Waals surface area contributed by atoms with E-state index in [0.29, 0.717) is 11.3 Å². The molecule has 0 saturated heterocycles. The van der Waals surface area contributed by atoms with E-state index in [-0.39, 0.29) is 0 Å². The number of benzene rings is 1. The van der Waals surface area contributed by atoms with Gasteiger partial charge in [-0.15, -0.1) is 0 Å². The molecule has 15 heavy (non-hydrogen) atoms. The zero-order valence-corrected chi connectivity index (χ0v) is 8.96. The quantitative estimate of drug-likeness (QED) is 0.514. The number of rotatable bonds is 1. The molecule has 0 spiro atoms. The largest absolute Gasteiger partial charge is 0.495 e. The van der Waals surface area contributed by atoms with Gasteiger partial charge < -0.3 is 9.47 Å². The molecule has 0 atom stereocenters. The Morgan fingerprint density at radius 3 is 2.67 bits per heavy atom. The summed E-state index contributed by atoms with van der Waals surface area (Å²) in [4.78, 5) is 10.8. The molecule has 0 bridgehead atoms. The van der Waals surface area contributed by atoms with Crippen molar-refractivity contribution in [2.75, 3.05) is 14.2 Å². The second kappa shape index (κ2) is 5.06. The molecular formula is C12H12O3. The van der Waals surface area contributed by atoms with Gasteiger partial charge in [-0.2, -0.15) is 0 Å². The SMILES string of the molecule is COC(=O)C#Cc1ccc(C)cc1OC. The fraction of sp³-hybridized carbons (Fsp3) is 0.250. The van der Waals surface area contributed by atoms with Gasteiger partial charge in [-0.05, 0) is 24.6 Å². The average molecular weight is 204 g/mol. The van der Waals surface area contributed by atoms with Crippen LogP contribution in [0.2, 0.25) is 0 Å². The number of carbonyl (C=O) groups excluding carboxylic acids is 1. The molecule has 0 aromatic heterocycles. The van der Waals surface area contributed by atoms with Crippen molar-refractivity contribution in [2.24, 2.45) is 0 Å². The van der Waals surface area contributed by atoms with Gasteiger partial charge in [-0.3, -0.25) is 0 Å². The first-order valence-corrected chi connectivity index (χ1v) is 4.42. The van der Waals surface area contributed by atoms with Crippen LogP contribution in [-0.4, -0.2) is 20.2 Å². The van der Waals surface area contributed by atoms with Crippen molar-refractivity contribution in [3.05, 3.63) is 29.3 Å². The van der Waals surface area contributed by atoms with E-state index in [9.17, 15) is 4.79 Å². The Bertz CT molecular complexity index is 424. The number of methoxy groups -OCH3 is 2. The van der Waals surface area contributed by atoms with Crippen LogP contribution >= 0.6 is 0 Å². The number of esters is 1. The number of aryl methyl sites for hydroxylation is 1. The third kappa shape index (κ3) is 3.03. The normalized spacial score (nSPS) is 8.73. The Labute approximate surface area is 89.0 Å². The molecule has 3 heteroatoms. The summed E-state index contributed by atoms with van der Waals surface area (Å²) in [7, 11) is 2.86. The zero-order chi connectivity index (χ0) is 11.3. The Kier molecular flexibility index (Phi) is 3.75. The van der Waals surface area contributed by atoms with E-state index < -0.39 is 5.97 Å². The predicted octanol–water partition coefficient (Wildman–Crippen LogP) is 1.53. The highest BCUT2D eigenvalue weighted by atomic mass is 16.5. The molecule has 1 rings (SSSR count). The first-order valence-electron chi connectivity index (χ1n) is 4.42. The molecule has 1 aromatic carbocycles. The van der Waals surface area contributed by atoms with Gasteiger partial charge in [-0.1, -0.05) is 12.0 Å². The highest BCUT2D eigenvalue weighted by Crippen LogP contribution is 2.18. The summed E-state index contributed by atoms with van der Waals surface area (Å²) in [5.41, 5.74) is 1.75. The van der Waals surface area contributed by atoms with Crippen LogP contribution in [0.4, 0.5) is 0 Å². The van der Waals surface area contributed by atoms with E-state index >= 15 is 0 Å². The van der Waals surface area contributed by atoms with Crippen molar-refractivity contribution in [3.8, 4) is 17.6 Å². The third-order valence-corrected chi connectivity index (χ3v) is 1.84. The van der Waals surface area contributed by atoms with Gasteiger partial charge in [0.1, 0.15) is 5.75 Å². The Balaban J connectivity index is 3.02. The molecule has 78 valence electrons. The Morgan fingerprint density at radius 2 is 2.07 bits per heavy atom. The van der Waals surface area contributed by atoms with Crippen molar-refractivity contribution >= 4 is 5.97 Å². The van der Waals surface area contributed by atoms with Gasteiger partial charge in [0, 0.05) is 5.92 Å². The summed E-state index contributed by atoms with van der Waals surface area (Å²) in [5.74, 6) is 5.15. The van der Waals surface area contributed by atoms with E-state index in [1.165, 1.54) is 7.11 Å². The van der Waals surface area contributed by atoms with Crippen molar-refractivity contribution in [3.63, 3.8) is 0 Å². The van der Waals surface area contributed by atoms with Crippen molar-refractivity contribution in [2.45, 2.75) is 6.92 Å². The molecule has 0 unspecified atom stereocenters. The van der Waals surface area contributed by atoms with E-state index in [0.717, 1.165) is 5.56 Å². The zero-order valence-electron chi connectivity index (χ0n) is 8.96. The molecule has 0 amide bonds. The molecule has 1 aromatic rings. The smallest absolute Gasteiger partial charge is 0.384 e. The maximum Gasteiger partial charge on any atom is 0.384 e. The molecule has 0 aliphatic rings. The van der Waals surface area contributed by atoms with Gasteiger partial charge in [0.05, 0.1) is 19.8 Å². The fourth-order valence-corrected chi connectivity index (χ4v) is 1.07. The van der Waals surface area contributed by atoms with Crippen LogP contribution in [0.5, 0.6) is 5.75 Å². The predicted molar refractivity (Wildman–Crippen MR) is 56.6 cm³/mol. The number of hydrogen-bond acceptors (Lipinski definition) is 3. The topological polar surface area (TPSA) is 35.5 Å². The van der Waals surface area contributed by atoms with E-state index in [4.69, 9.17) is 4.74 Å². The molecule has 0 aliphatic heterocycles. The van der Waals surface area contributed by atoms with Gasteiger partial charge in [0.2, 0.25) is 0 Å². The lowest BCUT2D eigenvalue weighted by Gasteiger charge is -2.03. The Morgan fingerprint density at radius 1 is 1.33 bits per heavy atom. The van der Waals surface area contributed by atoms with Crippen LogP contribution in [0.25, 0.3) is 0 Å². The van der Waals surface area contributed by atoms with Gasteiger partial charge in [0.15, 0.2) is 0 Å². The number of ether oxygens (including phenoxy) is 2. The summed E-state index contributed by atoms with van der Waals surface area (Å²) in [5, 5.41) is 0. The third-order valence-electron chi connectivity index (χ3n) is 1.84. The lowest BCUT2D eigenvalue weighted by Crippen LogP contribution is -1.95. The van der Waals surface area contributed by atoms with Crippen molar-refractivity contribution < 1.29 is 14.3 Å². The highest BCUT2D eigenvalue weighted by molar-refractivity contribution is 5.89. The van der Waals surface area contributed by atoms with Crippen LogP contribution in [-0.2, 0) is 9.53 Å². The van der Waals surface area contributed by atoms with E-state index in [1.807, 2.05) is 25.1 Å². The fourth-order valence-electron chi connectivity index (χ4n) is 1.07. The average Bonchev–Trinajstić information content (AvgIpc) is 2.26. The molecule has 0 saturated carbocycles. The summed E-state index contributed by atoms with van der Waals surface area (Å²) >= 11 is 0. The monoisotopic (exact) mass is 204 g/mol. The molecule has 0 heterocycles. The molecule has 0 fully saturated rings. The number of hydrogen-bond donors (Lipinski definition) is 0. The first kappa shape index (κ1) is 11.1. The second-order valence-electron chi connectivity index (χ2n) is 2.95. The van der Waals surface area contributed by atoms with E-state index in [1.54, 1.807) is 7.11 Å². The van der Waals surface area contributed by atoms with Crippen molar-refractivity contribution in [1.82, 2.24) is 0 Å². The summed E-state index contributed by atoms with van der Waals surface area (Å²) in [6, 6.07) is 5.58. The van der Waals surface area contributed by atoms with Gasteiger partial charge in [0.25, 0.3) is 0 Å². The summed E-state index contributed by atoms with van der Waals surface area (Å²) in [6.07, 6.45) is 0. The first-order chi connectivity index (χ1) is 7.17. The van der Waals surface area contributed by atoms with Crippen LogP contribution in [0, 0.1) is 18.8 Å². The van der Waals surface area contributed by atoms with E-state index in [2.05, 4.69) is 16.6 Å². The molecular weight excluding hydrogens is 192 g/mol. The van der Waals surface area contributed by atoms with Gasteiger partial charge >= 0.3 is 5.97 Å². The maximum atomic E-state index is 10.8. The van der Waals surface area contributed by atoms with Crippen LogP contribution in [0.1, 0.15) is 11.1 Å². The van der Waals surface area contributed by atoms with Crippen molar-refractivity contribution in [1.29, 1.82) is 0 Å². The highest BCUT2D eigenvalue weighted by Gasteiger charge is 2.00. The standard InChI is InChI=1S/C12H12O3/c1-9-4-5-10(11(8-9)14-2)6-7-12(13)15-3/h4-5,8H,1-3H3. The second-order valence-corrected chi connectivity index (χ2v) is 2.95. The van der Waals surface area contributed by atoms with Crippen LogP contribution in [0.3, 0.4) is 0 Å². The summed E-state index contributed by atoms with van der Waals surface area (Å²) < 4.78 is 9.55. The summed E-state index contributed by atoms with van der Waals surface area (Å²) in [6.45, 7) is 1.96. The molecule has 0 aliphatic carbocycles. The van der Waals surface area contributed by atoms with Crippen LogP contribution in [0.15, 0.2) is 18.2 Å². The molecule has 0 radical (unpaired) electrons. The van der Waals surface area contributed by atoms with Crippen LogP contribution < -0.4 is 4.74 Å². The molecule has 3 nitrogen and oxygen atoms in total.